The monoisotopic (exact) mass is 261 g/mol. The summed E-state index contributed by atoms with van der Waals surface area (Å²) < 4.78 is 0. The number of anilines is 1. The zero-order valence-electron chi connectivity index (χ0n) is 12.0. The standard InChI is InChI=1S/C15H23N3O/c1-4-17-12-10-16-9-7-11(12)14(19)18-13-6-5-8-15(13,2)3/h7,9-10,13,17H,4-6,8H2,1-3H3,(H,18,19). The van der Waals surface area contributed by atoms with Gasteiger partial charge >= 0.3 is 0 Å². The highest BCUT2D eigenvalue weighted by Gasteiger charge is 2.35. The molecule has 1 heterocycles. The lowest BCUT2D eigenvalue weighted by molar-refractivity contribution is 0.0910. The van der Waals surface area contributed by atoms with E-state index in [-0.39, 0.29) is 17.4 Å². The van der Waals surface area contributed by atoms with E-state index >= 15 is 0 Å². The molecule has 1 fully saturated rings. The number of aromatic nitrogens is 1. The Labute approximate surface area is 115 Å². The zero-order chi connectivity index (χ0) is 13.9. The van der Waals surface area contributed by atoms with Crippen molar-refractivity contribution in [2.75, 3.05) is 11.9 Å². The topological polar surface area (TPSA) is 54.0 Å². The highest BCUT2D eigenvalue weighted by Crippen LogP contribution is 2.37. The number of rotatable bonds is 4. The molecule has 0 aromatic carbocycles. The predicted molar refractivity (Wildman–Crippen MR) is 77.3 cm³/mol. The van der Waals surface area contributed by atoms with E-state index in [1.807, 2.05) is 6.92 Å². The third-order valence-electron chi connectivity index (χ3n) is 4.00. The van der Waals surface area contributed by atoms with Gasteiger partial charge in [0.15, 0.2) is 0 Å². The van der Waals surface area contributed by atoms with E-state index < -0.39 is 0 Å². The summed E-state index contributed by atoms with van der Waals surface area (Å²) in [4.78, 5) is 16.5. The van der Waals surface area contributed by atoms with Crippen LogP contribution in [0.2, 0.25) is 0 Å². The van der Waals surface area contributed by atoms with Crippen LogP contribution in [0.1, 0.15) is 50.4 Å². The summed E-state index contributed by atoms with van der Waals surface area (Å²) in [5.41, 5.74) is 1.68. The molecule has 19 heavy (non-hydrogen) atoms. The molecular weight excluding hydrogens is 238 g/mol. The van der Waals surface area contributed by atoms with E-state index in [0.717, 1.165) is 18.7 Å². The number of nitrogens with zero attached hydrogens (tertiary/aromatic N) is 1. The summed E-state index contributed by atoms with van der Waals surface area (Å²) in [5, 5.41) is 6.36. The average Bonchev–Trinajstić information content (AvgIpc) is 2.70. The molecule has 1 aromatic rings. The van der Waals surface area contributed by atoms with Gasteiger partial charge in [0.1, 0.15) is 0 Å². The fourth-order valence-electron chi connectivity index (χ4n) is 2.75. The SMILES string of the molecule is CCNc1cnccc1C(=O)NC1CCCC1(C)C. The van der Waals surface area contributed by atoms with Crippen LogP contribution < -0.4 is 10.6 Å². The maximum absolute atomic E-state index is 12.4. The normalized spacial score (nSPS) is 21.1. The Kier molecular flexibility index (Phi) is 4.08. The summed E-state index contributed by atoms with van der Waals surface area (Å²) in [6.45, 7) is 7.24. The van der Waals surface area contributed by atoms with Gasteiger partial charge in [0, 0.05) is 18.8 Å². The Morgan fingerprint density at radius 1 is 1.53 bits per heavy atom. The van der Waals surface area contributed by atoms with Crippen LogP contribution in [0, 0.1) is 5.41 Å². The van der Waals surface area contributed by atoms with Crippen molar-refractivity contribution in [3.8, 4) is 0 Å². The fraction of sp³-hybridized carbons (Fsp3) is 0.600. The molecule has 2 N–H and O–H groups in total. The largest absolute Gasteiger partial charge is 0.383 e. The molecular formula is C15H23N3O. The number of hydrogen-bond donors (Lipinski definition) is 2. The molecule has 0 saturated heterocycles. The average molecular weight is 261 g/mol. The van der Waals surface area contributed by atoms with Gasteiger partial charge in [-0.05, 0) is 31.2 Å². The molecule has 1 saturated carbocycles. The van der Waals surface area contributed by atoms with Gasteiger partial charge < -0.3 is 10.6 Å². The lowest BCUT2D eigenvalue weighted by atomic mass is 9.87. The summed E-state index contributed by atoms with van der Waals surface area (Å²) in [6, 6.07) is 2.04. The predicted octanol–water partition coefficient (Wildman–Crippen LogP) is 2.82. The zero-order valence-corrected chi connectivity index (χ0v) is 12.0. The lowest BCUT2D eigenvalue weighted by Crippen LogP contribution is -2.41. The Balaban J connectivity index is 2.12. The minimum absolute atomic E-state index is 0.00155. The van der Waals surface area contributed by atoms with Crippen LogP contribution in [0.4, 0.5) is 5.69 Å². The molecule has 4 heteroatoms. The highest BCUT2D eigenvalue weighted by molar-refractivity contribution is 5.99. The summed E-state index contributed by atoms with van der Waals surface area (Å²) in [7, 11) is 0. The number of carbonyl (C=O) groups is 1. The van der Waals surface area contributed by atoms with Gasteiger partial charge in [-0.2, -0.15) is 0 Å². The van der Waals surface area contributed by atoms with E-state index in [1.165, 1.54) is 12.8 Å². The second-order valence-electron chi connectivity index (χ2n) is 5.86. The van der Waals surface area contributed by atoms with E-state index in [0.29, 0.717) is 5.56 Å². The quantitative estimate of drug-likeness (QED) is 0.876. The van der Waals surface area contributed by atoms with Gasteiger partial charge in [-0.1, -0.05) is 20.3 Å². The van der Waals surface area contributed by atoms with Gasteiger partial charge in [0.05, 0.1) is 17.4 Å². The first-order valence-electron chi connectivity index (χ1n) is 7.03. The van der Waals surface area contributed by atoms with Crippen LogP contribution in [-0.2, 0) is 0 Å². The molecule has 0 spiro atoms. The number of hydrogen-bond acceptors (Lipinski definition) is 3. The first-order valence-corrected chi connectivity index (χ1v) is 7.03. The van der Waals surface area contributed by atoms with Crippen LogP contribution in [0.5, 0.6) is 0 Å². The Morgan fingerprint density at radius 3 is 2.95 bits per heavy atom. The van der Waals surface area contributed by atoms with E-state index in [9.17, 15) is 4.79 Å². The first kappa shape index (κ1) is 13.8. The minimum Gasteiger partial charge on any atom is -0.383 e. The fourth-order valence-corrected chi connectivity index (χ4v) is 2.75. The van der Waals surface area contributed by atoms with Gasteiger partial charge in [-0.15, -0.1) is 0 Å². The van der Waals surface area contributed by atoms with E-state index in [2.05, 4.69) is 29.5 Å². The second kappa shape index (κ2) is 5.59. The van der Waals surface area contributed by atoms with Crippen LogP contribution in [0.25, 0.3) is 0 Å². The van der Waals surface area contributed by atoms with Gasteiger partial charge in [0.25, 0.3) is 5.91 Å². The van der Waals surface area contributed by atoms with Gasteiger partial charge in [-0.25, -0.2) is 0 Å². The highest BCUT2D eigenvalue weighted by atomic mass is 16.1. The molecule has 1 unspecified atom stereocenters. The van der Waals surface area contributed by atoms with Gasteiger partial charge in [-0.3, -0.25) is 9.78 Å². The minimum atomic E-state index is -0.00155. The molecule has 104 valence electrons. The van der Waals surface area contributed by atoms with Gasteiger partial charge in [0.2, 0.25) is 0 Å². The van der Waals surface area contributed by atoms with Crippen molar-refractivity contribution in [2.45, 2.75) is 46.1 Å². The molecule has 1 aliphatic carbocycles. The molecule has 1 aliphatic rings. The number of carbonyl (C=O) groups excluding carboxylic acids is 1. The van der Waals surface area contributed by atoms with Crippen molar-refractivity contribution in [1.82, 2.24) is 10.3 Å². The molecule has 2 rings (SSSR count). The summed E-state index contributed by atoms with van der Waals surface area (Å²) in [6.07, 6.45) is 6.80. The molecule has 0 aliphatic heterocycles. The van der Waals surface area contributed by atoms with Crippen molar-refractivity contribution in [3.63, 3.8) is 0 Å². The first-order chi connectivity index (χ1) is 9.04. The number of amides is 1. The van der Waals surface area contributed by atoms with Crippen LogP contribution >= 0.6 is 0 Å². The Morgan fingerprint density at radius 2 is 2.32 bits per heavy atom. The third kappa shape index (κ3) is 3.06. The van der Waals surface area contributed by atoms with Crippen molar-refractivity contribution in [1.29, 1.82) is 0 Å². The van der Waals surface area contributed by atoms with E-state index in [4.69, 9.17) is 0 Å². The lowest BCUT2D eigenvalue weighted by Gasteiger charge is -2.28. The van der Waals surface area contributed by atoms with Crippen LogP contribution in [0.3, 0.4) is 0 Å². The second-order valence-corrected chi connectivity index (χ2v) is 5.86. The summed E-state index contributed by atoms with van der Waals surface area (Å²) >= 11 is 0. The molecule has 0 radical (unpaired) electrons. The molecule has 4 nitrogen and oxygen atoms in total. The third-order valence-corrected chi connectivity index (χ3v) is 4.00. The van der Waals surface area contributed by atoms with E-state index in [1.54, 1.807) is 18.5 Å². The molecule has 1 aromatic heterocycles. The maximum Gasteiger partial charge on any atom is 0.253 e. The maximum atomic E-state index is 12.4. The van der Waals surface area contributed by atoms with Crippen molar-refractivity contribution >= 4 is 11.6 Å². The molecule has 1 amide bonds. The number of nitrogens with one attached hydrogen (secondary N) is 2. The smallest absolute Gasteiger partial charge is 0.253 e. The van der Waals surface area contributed by atoms with Crippen LogP contribution in [0.15, 0.2) is 18.5 Å². The van der Waals surface area contributed by atoms with Crippen molar-refractivity contribution in [3.05, 3.63) is 24.0 Å². The van der Waals surface area contributed by atoms with Crippen LogP contribution in [-0.4, -0.2) is 23.5 Å². The molecule has 1 atom stereocenters. The molecule has 0 bridgehead atoms. The van der Waals surface area contributed by atoms with Crippen molar-refractivity contribution < 1.29 is 4.79 Å². The summed E-state index contributed by atoms with van der Waals surface area (Å²) in [5.74, 6) is -0.00155. The Hall–Kier alpha value is -1.58. The Bertz CT molecular complexity index is 456. The van der Waals surface area contributed by atoms with Crippen molar-refractivity contribution in [2.24, 2.45) is 5.41 Å². The number of pyridine rings is 1.